The summed E-state index contributed by atoms with van der Waals surface area (Å²) in [5, 5.41) is 2.16. The van der Waals surface area contributed by atoms with E-state index in [4.69, 9.17) is 4.74 Å². The molecule has 2 amide bonds. The second-order valence-electron chi connectivity index (χ2n) is 3.39. The minimum atomic E-state index is -1.14. The molecule has 1 aromatic carbocycles. The molecular weight excluding hydrogens is 217 g/mol. The van der Waals surface area contributed by atoms with Gasteiger partial charge in [0.15, 0.2) is 0 Å². The fraction of sp³-hybridized carbons (Fsp3) is 0.273. The third-order valence-corrected chi connectivity index (χ3v) is 2.59. The smallest absolute Gasteiger partial charge is 0.428 e. The molecule has 1 heterocycles. The van der Waals surface area contributed by atoms with E-state index in [1.807, 2.05) is 25.1 Å². The predicted octanol–water partition coefficient (Wildman–Crippen LogP) is -1.44. The van der Waals surface area contributed by atoms with Crippen LogP contribution in [0.15, 0.2) is 30.3 Å². The van der Waals surface area contributed by atoms with Crippen LogP contribution in [0, 0.1) is 0 Å². The number of amides is 2. The molecule has 0 aliphatic carbocycles. The molecule has 0 aromatic heterocycles. The van der Waals surface area contributed by atoms with Crippen molar-refractivity contribution >= 4 is 12.0 Å². The van der Waals surface area contributed by atoms with Crippen molar-refractivity contribution in [2.24, 2.45) is 0 Å². The predicted molar refractivity (Wildman–Crippen MR) is 53.0 cm³/mol. The van der Waals surface area contributed by atoms with Crippen molar-refractivity contribution in [2.75, 3.05) is 0 Å². The number of benzene rings is 1. The number of cyclic esters (lactones) is 1. The summed E-state index contributed by atoms with van der Waals surface area (Å²) < 4.78 is 5.10. The van der Waals surface area contributed by atoms with Crippen LogP contribution in [0.25, 0.3) is 0 Å². The standard InChI is InChI=1S/C11H11NO3.Na/c1-2-11(8-6-4-3-5-7-8)9(13)12-10(14)15-11;/h3-7H,2H2,1H3,(H,12,13,14);/q;+1. The first-order chi connectivity index (χ1) is 7.19. The molecule has 1 aliphatic rings. The van der Waals surface area contributed by atoms with Crippen molar-refractivity contribution in [1.82, 2.24) is 5.32 Å². The summed E-state index contributed by atoms with van der Waals surface area (Å²) in [4.78, 5) is 22.7. The van der Waals surface area contributed by atoms with E-state index in [-0.39, 0.29) is 35.5 Å². The number of alkyl carbamates (subject to hydrolysis) is 1. The average molecular weight is 228 g/mol. The van der Waals surface area contributed by atoms with Crippen LogP contribution in [-0.2, 0) is 15.1 Å². The molecular formula is C11H11NNaO3+. The Kier molecular flexibility index (Phi) is 4.13. The Balaban J connectivity index is 0.00000128. The fourth-order valence-corrected chi connectivity index (χ4v) is 1.76. The first-order valence-corrected chi connectivity index (χ1v) is 4.79. The van der Waals surface area contributed by atoms with Gasteiger partial charge in [0.05, 0.1) is 0 Å². The van der Waals surface area contributed by atoms with Gasteiger partial charge in [0, 0.05) is 5.56 Å². The normalized spacial score (nSPS) is 23.3. The van der Waals surface area contributed by atoms with E-state index < -0.39 is 11.7 Å². The van der Waals surface area contributed by atoms with Crippen LogP contribution in [0.3, 0.4) is 0 Å². The van der Waals surface area contributed by atoms with Crippen LogP contribution in [0.2, 0.25) is 0 Å². The van der Waals surface area contributed by atoms with Crippen molar-refractivity contribution in [3.63, 3.8) is 0 Å². The van der Waals surface area contributed by atoms with E-state index in [1.165, 1.54) is 0 Å². The van der Waals surface area contributed by atoms with Gasteiger partial charge in [-0.1, -0.05) is 37.3 Å². The third kappa shape index (κ3) is 2.00. The van der Waals surface area contributed by atoms with E-state index in [2.05, 4.69) is 5.32 Å². The number of ether oxygens (including phenoxy) is 1. The molecule has 5 heteroatoms. The zero-order chi connectivity index (χ0) is 10.9. The molecule has 1 fully saturated rings. The van der Waals surface area contributed by atoms with Crippen LogP contribution in [0.5, 0.6) is 0 Å². The molecule has 0 bridgehead atoms. The summed E-state index contributed by atoms with van der Waals surface area (Å²) in [5.41, 5.74) is -0.436. The van der Waals surface area contributed by atoms with Gasteiger partial charge in [-0.05, 0) is 6.42 Å². The Morgan fingerprint density at radius 1 is 1.25 bits per heavy atom. The summed E-state index contributed by atoms with van der Waals surface area (Å²) in [6, 6.07) is 9.03. The summed E-state index contributed by atoms with van der Waals surface area (Å²) >= 11 is 0. The van der Waals surface area contributed by atoms with Gasteiger partial charge >= 0.3 is 35.7 Å². The van der Waals surface area contributed by atoms with Crippen molar-refractivity contribution in [3.05, 3.63) is 35.9 Å². The first kappa shape index (κ1) is 13.2. The van der Waals surface area contributed by atoms with Crippen molar-refractivity contribution in [1.29, 1.82) is 0 Å². The van der Waals surface area contributed by atoms with Crippen LogP contribution in [-0.4, -0.2) is 12.0 Å². The summed E-state index contributed by atoms with van der Waals surface area (Å²) in [6.07, 6.45) is -0.250. The molecule has 78 valence electrons. The van der Waals surface area contributed by atoms with Crippen LogP contribution >= 0.6 is 0 Å². The average Bonchev–Trinajstić information content (AvgIpc) is 2.56. The summed E-state index contributed by atoms with van der Waals surface area (Å²) in [6.45, 7) is 1.81. The number of hydrogen-bond acceptors (Lipinski definition) is 3. The van der Waals surface area contributed by atoms with Crippen molar-refractivity contribution in [2.45, 2.75) is 18.9 Å². The monoisotopic (exact) mass is 228 g/mol. The van der Waals surface area contributed by atoms with Crippen LogP contribution < -0.4 is 34.9 Å². The molecule has 1 aliphatic heterocycles. The molecule has 16 heavy (non-hydrogen) atoms. The number of hydrogen-bond donors (Lipinski definition) is 1. The molecule has 2 rings (SSSR count). The molecule has 1 unspecified atom stereocenters. The molecule has 1 atom stereocenters. The van der Waals surface area contributed by atoms with E-state index in [0.717, 1.165) is 0 Å². The van der Waals surface area contributed by atoms with Gasteiger partial charge in [0.1, 0.15) is 0 Å². The Bertz CT molecular complexity index is 407. The minimum absolute atomic E-state index is 0. The van der Waals surface area contributed by atoms with Crippen LogP contribution in [0.4, 0.5) is 4.79 Å². The zero-order valence-electron chi connectivity index (χ0n) is 9.32. The SMILES string of the molecule is CCC1(c2ccccc2)OC(=O)NC1=O.[Na+]. The molecule has 0 radical (unpaired) electrons. The summed E-state index contributed by atoms with van der Waals surface area (Å²) in [7, 11) is 0. The van der Waals surface area contributed by atoms with Gasteiger partial charge in [-0.15, -0.1) is 0 Å². The zero-order valence-corrected chi connectivity index (χ0v) is 11.3. The second kappa shape index (κ2) is 4.99. The Morgan fingerprint density at radius 2 is 1.88 bits per heavy atom. The number of carbonyl (C=O) groups is 2. The molecule has 0 saturated carbocycles. The molecule has 1 aromatic rings. The number of imide groups is 1. The van der Waals surface area contributed by atoms with Gasteiger partial charge in [-0.3, -0.25) is 10.1 Å². The van der Waals surface area contributed by atoms with Gasteiger partial charge in [0.2, 0.25) is 5.60 Å². The fourth-order valence-electron chi connectivity index (χ4n) is 1.76. The van der Waals surface area contributed by atoms with Crippen LogP contribution in [0.1, 0.15) is 18.9 Å². The maximum Gasteiger partial charge on any atom is 1.00 e. The second-order valence-corrected chi connectivity index (χ2v) is 3.39. The minimum Gasteiger partial charge on any atom is -0.428 e. The van der Waals surface area contributed by atoms with Gasteiger partial charge in [-0.2, -0.15) is 0 Å². The topological polar surface area (TPSA) is 55.4 Å². The van der Waals surface area contributed by atoms with E-state index >= 15 is 0 Å². The summed E-state index contributed by atoms with van der Waals surface area (Å²) in [5.74, 6) is -0.388. The third-order valence-electron chi connectivity index (χ3n) is 2.59. The van der Waals surface area contributed by atoms with Crippen molar-refractivity contribution in [3.8, 4) is 0 Å². The Hall–Kier alpha value is -0.840. The quantitative estimate of drug-likeness (QED) is 0.631. The number of rotatable bonds is 2. The molecule has 0 spiro atoms. The maximum absolute atomic E-state index is 11.7. The van der Waals surface area contributed by atoms with E-state index in [1.54, 1.807) is 12.1 Å². The van der Waals surface area contributed by atoms with Gasteiger partial charge in [0.25, 0.3) is 5.91 Å². The first-order valence-electron chi connectivity index (χ1n) is 4.79. The van der Waals surface area contributed by atoms with E-state index in [9.17, 15) is 9.59 Å². The molecule has 1 N–H and O–H groups in total. The van der Waals surface area contributed by atoms with Gasteiger partial charge in [-0.25, -0.2) is 4.79 Å². The van der Waals surface area contributed by atoms with Crippen molar-refractivity contribution < 1.29 is 43.9 Å². The van der Waals surface area contributed by atoms with Gasteiger partial charge < -0.3 is 4.74 Å². The largest absolute Gasteiger partial charge is 1.00 e. The number of nitrogens with one attached hydrogen (secondary N) is 1. The van der Waals surface area contributed by atoms with E-state index in [0.29, 0.717) is 12.0 Å². The number of carbonyl (C=O) groups excluding carboxylic acids is 2. The maximum atomic E-state index is 11.7. The Labute approximate surface area is 116 Å². The molecule has 4 nitrogen and oxygen atoms in total. The molecule has 1 saturated heterocycles. The Morgan fingerprint density at radius 3 is 2.31 bits per heavy atom.